The first-order chi connectivity index (χ1) is 11.0. The molecule has 0 radical (unpaired) electrons. The molecule has 3 atom stereocenters. The number of rotatable bonds is 4. The molecule has 3 rings (SSSR count). The number of amides is 1. The van der Waals surface area contributed by atoms with E-state index in [1.54, 1.807) is 6.07 Å². The highest BCUT2D eigenvalue weighted by atomic mass is 16.5. The van der Waals surface area contributed by atoms with Gasteiger partial charge in [-0.1, -0.05) is 12.1 Å². The molecule has 0 spiro atoms. The summed E-state index contributed by atoms with van der Waals surface area (Å²) < 4.78 is 5.63. The molecule has 2 aliphatic rings. The highest BCUT2D eigenvalue weighted by Gasteiger charge is 2.43. The van der Waals surface area contributed by atoms with Crippen LogP contribution in [0.25, 0.3) is 0 Å². The average Bonchev–Trinajstić information content (AvgIpc) is 2.95. The summed E-state index contributed by atoms with van der Waals surface area (Å²) >= 11 is 0. The molecule has 1 amide bonds. The predicted octanol–water partition coefficient (Wildman–Crippen LogP) is 1.54. The number of nitrogens with two attached hydrogens (primary N) is 1. The Labute approximate surface area is 137 Å². The Kier molecular flexibility index (Phi) is 4.71. The van der Waals surface area contributed by atoms with Gasteiger partial charge in [-0.25, -0.2) is 0 Å². The van der Waals surface area contributed by atoms with Crippen molar-refractivity contribution in [2.24, 2.45) is 11.7 Å². The molecule has 2 saturated heterocycles. The lowest BCUT2D eigenvalue weighted by atomic mass is 9.79. The first-order valence-electron chi connectivity index (χ1n) is 8.40. The molecule has 0 bridgehead atoms. The third-order valence-electron chi connectivity index (χ3n) is 5.32. The van der Waals surface area contributed by atoms with E-state index < -0.39 is 11.5 Å². The fourth-order valence-corrected chi connectivity index (χ4v) is 3.94. The number of benzene rings is 1. The summed E-state index contributed by atoms with van der Waals surface area (Å²) in [4.78, 5) is 13.8. The number of hydrogen-bond acceptors (Lipinski definition) is 4. The Morgan fingerprint density at radius 3 is 3.09 bits per heavy atom. The maximum Gasteiger partial charge on any atom is 0.248 e. The molecule has 0 aromatic heterocycles. The van der Waals surface area contributed by atoms with Crippen molar-refractivity contribution < 1.29 is 14.6 Å². The molecule has 3 N–H and O–H groups in total. The molecule has 1 aromatic rings. The second kappa shape index (κ2) is 6.59. The molecule has 126 valence electrons. The van der Waals surface area contributed by atoms with Gasteiger partial charge in [0.2, 0.25) is 5.91 Å². The number of primary amides is 1. The van der Waals surface area contributed by atoms with Crippen LogP contribution in [0, 0.1) is 5.92 Å². The maximum absolute atomic E-state index is 11.3. The van der Waals surface area contributed by atoms with Crippen molar-refractivity contribution in [3.8, 4) is 0 Å². The van der Waals surface area contributed by atoms with Gasteiger partial charge in [0.1, 0.15) is 0 Å². The van der Waals surface area contributed by atoms with E-state index in [2.05, 4.69) is 4.90 Å². The molecule has 1 aromatic carbocycles. The lowest BCUT2D eigenvalue weighted by Crippen LogP contribution is -2.52. The Hall–Kier alpha value is -1.43. The van der Waals surface area contributed by atoms with Crippen LogP contribution in [-0.4, -0.2) is 47.3 Å². The summed E-state index contributed by atoms with van der Waals surface area (Å²) in [6.45, 7) is 4.98. The number of ether oxygens (including phenoxy) is 1. The zero-order chi connectivity index (χ0) is 16.4. The van der Waals surface area contributed by atoms with E-state index in [0.29, 0.717) is 31.2 Å². The second-order valence-electron chi connectivity index (χ2n) is 7.03. The van der Waals surface area contributed by atoms with Gasteiger partial charge >= 0.3 is 0 Å². The molecule has 2 heterocycles. The van der Waals surface area contributed by atoms with E-state index in [1.807, 2.05) is 25.1 Å². The molecule has 5 heteroatoms. The Morgan fingerprint density at radius 2 is 2.35 bits per heavy atom. The van der Waals surface area contributed by atoms with Gasteiger partial charge in [0.05, 0.1) is 12.2 Å². The fourth-order valence-electron chi connectivity index (χ4n) is 3.94. The standard InChI is InChI=1S/C18H26N2O3/c1-18(22)7-9-23-12-15(18)16-6-3-8-20(16)11-13-4-2-5-14(10-13)17(19)21/h2,4-5,10,15-16,22H,3,6-9,11-12H2,1H3,(H2,19,21)/t15-,16+,18-/m0/s1. The van der Waals surface area contributed by atoms with Crippen LogP contribution in [0.3, 0.4) is 0 Å². The van der Waals surface area contributed by atoms with Gasteiger partial charge in [-0.15, -0.1) is 0 Å². The number of nitrogens with zero attached hydrogens (tertiary/aromatic N) is 1. The summed E-state index contributed by atoms with van der Waals surface area (Å²) in [5.74, 6) is -0.258. The van der Waals surface area contributed by atoms with E-state index in [4.69, 9.17) is 10.5 Å². The van der Waals surface area contributed by atoms with Crippen molar-refractivity contribution >= 4 is 5.91 Å². The summed E-state index contributed by atoms with van der Waals surface area (Å²) in [6, 6.07) is 7.83. The highest BCUT2D eigenvalue weighted by molar-refractivity contribution is 5.92. The van der Waals surface area contributed by atoms with Crippen molar-refractivity contribution in [3.05, 3.63) is 35.4 Å². The van der Waals surface area contributed by atoms with E-state index in [-0.39, 0.29) is 5.92 Å². The highest BCUT2D eigenvalue weighted by Crippen LogP contribution is 2.36. The molecule has 2 fully saturated rings. The molecule has 0 aliphatic carbocycles. The van der Waals surface area contributed by atoms with Gasteiger partial charge in [0, 0.05) is 30.7 Å². The number of carbonyl (C=O) groups is 1. The van der Waals surface area contributed by atoms with Gasteiger partial charge in [0.15, 0.2) is 0 Å². The molecular formula is C18H26N2O3. The van der Waals surface area contributed by atoms with Crippen LogP contribution in [0.2, 0.25) is 0 Å². The number of carbonyl (C=O) groups excluding carboxylic acids is 1. The van der Waals surface area contributed by atoms with Crippen LogP contribution in [0.5, 0.6) is 0 Å². The molecule has 2 aliphatic heterocycles. The van der Waals surface area contributed by atoms with Crippen LogP contribution in [0.4, 0.5) is 0 Å². The first-order valence-corrected chi connectivity index (χ1v) is 8.40. The quantitative estimate of drug-likeness (QED) is 0.883. The number of hydrogen-bond donors (Lipinski definition) is 2. The molecule has 0 unspecified atom stereocenters. The predicted molar refractivity (Wildman–Crippen MR) is 87.9 cm³/mol. The van der Waals surface area contributed by atoms with Gasteiger partial charge < -0.3 is 15.6 Å². The van der Waals surface area contributed by atoms with E-state index in [1.165, 1.54) is 0 Å². The lowest BCUT2D eigenvalue weighted by molar-refractivity contribution is -0.123. The SMILES string of the molecule is C[C@]1(O)CCOC[C@H]1[C@H]1CCCN1Cc1cccc(C(N)=O)c1. The summed E-state index contributed by atoms with van der Waals surface area (Å²) in [5, 5.41) is 10.7. The van der Waals surface area contributed by atoms with Crippen LogP contribution < -0.4 is 5.73 Å². The third kappa shape index (κ3) is 3.57. The minimum atomic E-state index is -0.666. The minimum Gasteiger partial charge on any atom is -0.390 e. The van der Waals surface area contributed by atoms with E-state index in [9.17, 15) is 9.90 Å². The van der Waals surface area contributed by atoms with Crippen LogP contribution in [0.1, 0.15) is 42.1 Å². The summed E-state index contributed by atoms with van der Waals surface area (Å²) in [6.07, 6.45) is 2.91. The summed E-state index contributed by atoms with van der Waals surface area (Å²) in [5.41, 5.74) is 6.34. The Balaban J connectivity index is 1.74. The minimum absolute atomic E-state index is 0.137. The maximum atomic E-state index is 11.3. The van der Waals surface area contributed by atoms with Gasteiger partial charge in [0.25, 0.3) is 0 Å². The van der Waals surface area contributed by atoms with Crippen molar-refractivity contribution in [1.29, 1.82) is 0 Å². The zero-order valence-electron chi connectivity index (χ0n) is 13.7. The Bertz CT molecular complexity index is 573. The van der Waals surface area contributed by atoms with Gasteiger partial charge in [-0.3, -0.25) is 9.69 Å². The second-order valence-corrected chi connectivity index (χ2v) is 7.03. The normalized spacial score (nSPS) is 32.1. The number of likely N-dealkylation sites (tertiary alicyclic amines) is 1. The average molecular weight is 318 g/mol. The topological polar surface area (TPSA) is 75.8 Å². The third-order valence-corrected chi connectivity index (χ3v) is 5.32. The van der Waals surface area contributed by atoms with Gasteiger partial charge in [-0.05, 0) is 50.4 Å². The largest absolute Gasteiger partial charge is 0.390 e. The van der Waals surface area contributed by atoms with Gasteiger partial charge in [-0.2, -0.15) is 0 Å². The lowest BCUT2D eigenvalue weighted by Gasteiger charge is -2.43. The smallest absolute Gasteiger partial charge is 0.248 e. The zero-order valence-corrected chi connectivity index (χ0v) is 13.7. The molecule has 23 heavy (non-hydrogen) atoms. The van der Waals surface area contributed by atoms with Crippen molar-refractivity contribution in [1.82, 2.24) is 4.90 Å². The van der Waals surface area contributed by atoms with Crippen LogP contribution >= 0.6 is 0 Å². The summed E-state index contributed by atoms with van der Waals surface area (Å²) in [7, 11) is 0. The van der Waals surface area contributed by atoms with E-state index >= 15 is 0 Å². The molecule has 0 saturated carbocycles. The monoisotopic (exact) mass is 318 g/mol. The van der Waals surface area contributed by atoms with Crippen molar-refractivity contribution in [2.75, 3.05) is 19.8 Å². The first kappa shape index (κ1) is 16.4. The van der Waals surface area contributed by atoms with Crippen molar-refractivity contribution in [2.45, 2.75) is 44.4 Å². The van der Waals surface area contributed by atoms with Crippen LogP contribution in [-0.2, 0) is 11.3 Å². The van der Waals surface area contributed by atoms with Crippen molar-refractivity contribution in [3.63, 3.8) is 0 Å². The van der Waals surface area contributed by atoms with E-state index in [0.717, 1.165) is 31.5 Å². The molecular weight excluding hydrogens is 292 g/mol. The fraction of sp³-hybridized carbons (Fsp3) is 0.611. The number of aliphatic hydroxyl groups is 1. The molecule has 5 nitrogen and oxygen atoms in total. The Morgan fingerprint density at radius 1 is 1.52 bits per heavy atom. The van der Waals surface area contributed by atoms with Crippen LogP contribution in [0.15, 0.2) is 24.3 Å².